The van der Waals surface area contributed by atoms with Crippen molar-refractivity contribution in [3.05, 3.63) is 22.4 Å². The minimum atomic E-state index is -3.16. The van der Waals surface area contributed by atoms with Crippen LogP contribution < -0.4 is 5.32 Å². The van der Waals surface area contributed by atoms with Gasteiger partial charge >= 0.3 is 0 Å². The summed E-state index contributed by atoms with van der Waals surface area (Å²) in [6.07, 6.45) is 4.21. The molecule has 6 heteroatoms. The zero-order valence-corrected chi connectivity index (χ0v) is 13.8. The van der Waals surface area contributed by atoms with E-state index in [2.05, 4.69) is 5.32 Å². The molecule has 1 aliphatic rings. The summed E-state index contributed by atoms with van der Waals surface area (Å²) in [5.74, 6) is 0.242. The molecule has 0 aromatic carbocycles. The van der Waals surface area contributed by atoms with Crippen LogP contribution in [0.25, 0.3) is 0 Å². The minimum absolute atomic E-state index is 0.0791. The first kappa shape index (κ1) is 15.9. The van der Waals surface area contributed by atoms with E-state index >= 15 is 0 Å². The van der Waals surface area contributed by atoms with E-state index in [0.29, 0.717) is 6.04 Å². The van der Waals surface area contributed by atoms with Crippen LogP contribution in [0.15, 0.2) is 17.5 Å². The number of sulfonamides is 1. The van der Waals surface area contributed by atoms with Crippen molar-refractivity contribution in [2.45, 2.75) is 44.7 Å². The molecule has 4 nitrogen and oxygen atoms in total. The average molecular weight is 316 g/mol. The summed E-state index contributed by atoms with van der Waals surface area (Å²) < 4.78 is 26.1. The Morgan fingerprint density at radius 1 is 1.45 bits per heavy atom. The fraction of sp³-hybridized carbons (Fsp3) is 0.714. The highest BCUT2D eigenvalue weighted by atomic mass is 32.2. The van der Waals surface area contributed by atoms with Gasteiger partial charge in [0.15, 0.2) is 0 Å². The van der Waals surface area contributed by atoms with Crippen LogP contribution in [-0.4, -0.2) is 38.1 Å². The van der Waals surface area contributed by atoms with Crippen molar-refractivity contribution in [2.75, 3.05) is 19.3 Å². The summed E-state index contributed by atoms with van der Waals surface area (Å²) in [7, 11) is -1.48. The van der Waals surface area contributed by atoms with Gasteiger partial charge < -0.3 is 5.32 Å². The molecule has 1 saturated carbocycles. The molecular formula is C14H24N2O2S2. The van der Waals surface area contributed by atoms with Crippen LogP contribution in [0.2, 0.25) is 0 Å². The van der Waals surface area contributed by atoms with Gasteiger partial charge in [-0.1, -0.05) is 6.07 Å². The molecule has 1 heterocycles. The van der Waals surface area contributed by atoms with E-state index in [0.717, 1.165) is 24.3 Å². The lowest BCUT2D eigenvalue weighted by Crippen LogP contribution is -2.31. The molecule has 1 aromatic heterocycles. The van der Waals surface area contributed by atoms with Crippen LogP contribution in [0, 0.1) is 0 Å². The predicted octanol–water partition coefficient (Wildman–Crippen LogP) is 2.60. The Balaban J connectivity index is 1.75. The van der Waals surface area contributed by atoms with Crippen molar-refractivity contribution in [1.82, 2.24) is 9.62 Å². The molecule has 1 N–H and O–H groups in total. The molecule has 0 saturated heterocycles. The third kappa shape index (κ3) is 4.55. The zero-order chi connectivity index (χ0) is 14.6. The molecule has 0 spiro atoms. The number of nitrogens with zero attached hydrogens (tertiary/aromatic N) is 1. The van der Waals surface area contributed by atoms with Crippen LogP contribution >= 0.6 is 11.3 Å². The second-order valence-corrected chi connectivity index (χ2v) is 8.59. The van der Waals surface area contributed by atoms with Crippen LogP contribution in [0.4, 0.5) is 0 Å². The second kappa shape index (κ2) is 7.02. The number of hydrogen-bond donors (Lipinski definition) is 1. The Morgan fingerprint density at radius 2 is 2.20 bits per heavy atom. The monoisotopic (exact) mass is 316 g/mol. The fourth-order valence-corrected chi connectivity index (χ4v) is 4.44. The van der Waals surface area contributed by atoms with Gasteiger partial charge in [0.05, 0.1) is 11.8 Å². The fourth-order valence-electron chi connectivity index (χ4n) is 2.10. The molecule has 0 radical (unpaired) electrons. The maximum Gasteiger partial charge on any atom is 0.214 e. The molecule has 1 fully saturated rings. The highest BCUT2D eigenvalue weighted by Gasteiger charge is 2.24. The predicted molar refractivity (Wildman–Crippen MR) is 84.5 cm³/mol. The topological polar surface area (TPSA) is 49.4 Å². The molecule has 0 aliphatic heterocycles. The van der Waals surface area contributed by atoms with Crippen molar-refractivity contribution in [1.29, 1.82) is 0 Å². The van der Waals surface area contributed by atoms with E-state index in [1.165, 1.54) is 17.1 Å². The van der Waals surface area contributed by atoms with Crippen LogP contribution in [0.1, 0.15) is 43.5 Å². The van der Waals surface area contributed by atoms with Crippen LogP contribution in [-0.2, 0) is 10.0 Å². The summed E-state index contributed by atoms with van der Waals surface area (Å²) in [6, 6.07) is 4.57. The van der Waals surface area contributed by atoms with Gasteiger partial charge in [-0.25, -0.2) is 8.42 Å². The molecule has 2 rings (SSSR count). The third-order valence-electron chi connectivity index (χ3n) is 3.78. The quantitative estimate of drug-likeness (QED) is 0.713. The van der Waals surface area contributed by atoms with E-state index in [9.17, 15) is 8.42 Å². The molecule has 0 bridgehead atoms. The lowest BCUT2D eigenvalue weighted by Gasteiger charge is -2.23. The lowest BCUT2D eigenvalue weighted by atomic mass is 10.3. The van der Waals surface area contributed by atoms with Gasteiger partial charge in [0.25, 0.3) is 0 Å². The maximum atomic E-state index is 12.3. The molecule has 114 valence electrons. The van der Waals surface area contributed by atoms with Crippen LogP contribution in [0.5, 0.6) is 0 Å². The first-order valence-electron chi connectivity index (χ1n) is 7.23. The summed E-state index contributed by atoms with van der Waals surface area (Å²) in [5, 5.41) is 5.39. The summed E-state index contributed by atoms with van der Waals surface area (Å²) in [6.45, 7) is 2.88. The van der Waals surface area contributed by atoms with Crippen molar-refractivity contribution >= 4 is 21.4 Å². The Hall–Kier alpha value is -0.430. The molecule has 1 atom stereocenters. The number of unbranched alkanes of at least 4 members (excludes halogenated alkanes) is 1. The van der Waals surface area contributed by atoms with Crippen LogP contribution in [0.3, 0.4) is 0 Å². The van der Waals surface area contributed by atoms with Gasteiger partial charge in [0.1, 0.15) is 0 Å². The second-order valence-electron chi connectivity index (χ2n) is 5.46. The largest absolute Gasteiger partial charge is 0.314 e. The zero-order valence-electron chi connectivity index (χ0n) is 12.2. The first-order chi connectivity index (χ1) is 9.50. The number of hydrogen-bond acceptors (Lipinski definition) is 4. The van der Waals surface area contributed by atoms with E-state index in [1.54, 1.807) is 18.4 Å². The normalized spacial score (nSPS) is 17.6. The average Bonchev–Trinajstić information content (AvgIpc) is 3.07. The van der Waals surface area contributed by atoms with Crippen molar-refractivity contribution < 1.29 is 8.42 Å². The van der Waals surface area contributed by atoms with Gasteiger partial charge in [-0.05, 0) is 50.6 Å². The molecular weight excluding hydrogens is 292 g/mol. The molecule has 1 aliphatic carbocycles. The molecule has 1 unspecified atom stereocenters. The summed E-state index contributed by atoms with van der Waals surface area (Å²) >= 11 is 1.60. The standard InChI is InChI=1S/C14H24N2O2S2/c1-12(14-6-5-10-19-14)16(2)20(17,18)11-4-3-9-15-13-7-8-13/h5-6,10,12-13,15H,3-4,7-9,11H2,1-2H3. The molecule has 1 aromatic rings. The van der Waals surface area contributed by atoms with Crippen molar-refractivity contribution in [3.8, 4) is 0 Å². The number of thiophene rings is 1. The van der Waals surface area contributed by atoms with Crippen molar-refractivity contribution in [3.63, 3.8) is 0 Å². The highest BCUT2D eigenvalue weighted by Crippen LogP contribution is 2.26. The van der Waals surface area contributed by atoms with Gasteiger partial charge in [-0.3, -0.25) is 0 Å². The van der Waals surface area contributed by atoms with Gasteiger partial charge in [0, 0.05) is 18.0 Å². The summed E-state index contributed by atoms with van der Waals surface area (Å²) in [4.78, 5) is 1.09. The molecule has 0 amide bonds. The summed E-state index contributed by atoms with van der Waals surface area (Å²) in [5.41, 5.74) is 0. The van der Waals surface area contributed by atoms with Gasteiger partial charge in [-0.2, -0.15) is 4.31 Å². The number of nitrogens with one attached hydrogen (secondary N) is 1. The van der Waals surface area contributed by atoms with E-state index in [1.807, 2.05) is 24.4 Å². The van der Waals surface area contributed by atoms with Gasteiger partial charge in [-0.15, -0.1) is 11.3 Å². The Bertz CT molecular complexity index is 495. The highest BCUT2D eigenvalue weighted by molar-refractivity contribution is 7.89. The first-order valence-corrected chi connectivity index (χ1v) is 9.72. The van der Waals surface area contributed by atoms with E-state index < -0.39 is 10.0 Å². The Labute approximate surface area is 126 Å². The smallest absolute Gasteiger partial charge is 0.214 e. The van der Waals surface area contributed by atoms with E-state index in [4.69, 9.17) is 0 Å². The van der Waals surface area contributed by atoms with Gasteiger partial charge in [0.2, 0.25) is 10.0 Å². The van der Waals surface area contributed by atoms with E-state index in [-0.39, 0.29) is 11.8 Å². The lowest BCUT2D eigenvalue weighted by molar-refractivity contribution is 0.401. The maximum absolute atomic E-state index is 12.3. The Morgan fingerprint density at radius 3 is 2.80 bits per heavy atom. The third-order valence-corrected chi connectivity index (χ3v) is 6.82. The Kier molecular flexibility index (Phi) is 5.60. The minimum Gasteiger partial charge on any atom is -0.314 e. The SMILES string of the molecule is CC(c1cccs1)N(C)S(=O)(=O)CCCCNC1CC1. The number of rotatable bonds is 9. The molecule has 20 heavy (non-hydrogen) atoms. The van der Waals surface area contributed by atoms with Crippen molar-refractivity contribution in [2.24, 2.45) is 0 Å².